The van der Waals surface area contributed by atoms with Crippen molar-refractivity contribution in [1.82, 2.24) is 5.32 Å². The van der Waals surface area contributed by atoms with Crippen LogP contribution in [0.4, 0.5) is 0 Å². The van der Waals surface area contributed by atoms with Crippen LogP contribution in [0.1, 0.15) is 24.1 Å². The van der Waals surface area contributed by atoms with Crippen LogP contribution in [0.5, 0.6) is 17.2 Å². The number of hydrogen-bond donors (Lipinski definition) is 1. The predicted octanol–water partition coefficient (Wildman–Crippen LogP) is 3.27. The highest BCUT2D eigenvalue weighted by atomic mass is 16.7. The van der Waals surface area contributed by atoms with Gasteiger partial charge in [0, 0.05) is 18.2 Å². The van der Waals surface area contributed by atoms with Gasteiger partial charge in [-0.1, -0.05) is 24.3 Å². The van der Waals surface area contributed by atoms with Gasteiger partial charge in [-0.2, -0.15) is 0 Å². The molecule has 0 radical (unpaired) electrons. The highest BCUT2D eigenvalue weighted by molar-refractivity contribution is 5.45. The maximum atomic E-state index is 5.42. The van der Waals surface area contributed by atoms with Crippen LogP contribution in [-0.4, -0.2) is 13.9 Å². The predicted molar refractivity (Wildman–Crippen MR) is 80.8 cm³/mol. The van der Waals surface area contributed by atoms with Gasteiger partial charge in [-0.15, -0.1) is 0 Å². The Labute approximate surface area is 124 Å². The van der Waals surface area contributed by atoms with Gasteiger partial charge >= 0.3 is 0 Å². The minimum atomic E-state index is 0.212. The molecule has 0 saturated carbocycles. The summed E-state index contributed by atoms with van der Waals surface area (Å²) < 4.78 is 16.1. The summed E-state index contributed by atoms with van der Waals surface area (Å²) in [7, 11) is 1.69. The fourth-order valence-corrected chi connectivity index (χ4v) is 2.41. The molecule has 1 aliphatic rings. The lowest BCUT2D eigenvalue weighted by Crippen LogP contribution is -2.18. The summed E-state index contributed by atoms with van der Waals surface area (Å²) in [6.07, 6.45) is 0. The molecule has 110 valence electrons. The molecule has 0 aromatic heterocycles. The largest absolute Gasteiger partial charge is 0.496 e. The second kappa shape index (κ2) is 6.06. The molecule has 2 aromatic carbocycles. The van der Waals surface area contributed by atoms with Crippen LogP contribution in [0, 0.1) is 0 Å². The molecule has 0 saturated heterocycles. The summed E-state index contributed by atoms with van der Waals surface area (Å²) in [5, 5.41) is 3.50. The van der Waals surface area contributed by atoms with E-state index in [4.69, 9.17) is 14.2 Å². The van der Waals surface area contributed by atoms with Crippen molar-refractivity contribution >= 4 is 0 Å². The van der Waals surface area contributed by atoms with E-state index in [-0.39, 0.29) is 6.04 Å². The summed E-state index contributed by atoms with van der Waals surface area (Å²) in [5.74, 6) is 2.54. The molecule has 21 heavy (non-hydrogen) atoms. The summed E-state index contributed by atoms with van der Waals surface area (Å²) in [4.78, 5) is 0. The normalized spacial score (nSPS) is 14.0. The van der Waals surface area contributed by atoms with Crippen LogP contribution in [0.15, 0.2) is 42.5 Å². The number of ether oxygens (including phenoxy) is 3. The molecule has 1 atom stereocenters. The number of para-hydroxylation sites is 1. The van der Waals surface area contributed by atoms with Crippen molar-refractivity contribution in [2.75, 3.05) is 13.9 Å². The average molecular weight is 285 g/mol. The average Bonchev–Trinajstić information content (AvgIpc) is 3.00. The van der Waals surface area contributed by atoms with Crippen LogP contribution < -0.4 is 19.5 Å². The standard InChI is InChI=1S/C17H19NO3/c1-12(13-7-8-16-17(9-13)21-11-20-16)18-10-14-5-3-4-6-15(14)19-2/h3-9,12,18H,10-11H2,1-2H3/t12-/m0/s1. The van der Waals surface area contributed by atoms with E-state index >= 15 is 0 Å². The number of benzene rings is 2. The zero-order valence-corrected chi connectivity index (χ0v) is 12.3. The highest BCUT2D eigenvalue weighted by Gasteiger charge is 2.15. The van der Waals surface area contributed by atoms with Gasteiger partial charge in [-0.05, 0) is 30.7 Å². The Balaban J connectivity index is 1.67. The first kappa shape index (κ1) is 13.8. The van der Waals surface area contributed by atoms with Crippen LogP contribution in [0.25, 0.3) is 0 Å². The van der Waals surface area contributed by atoms with Gasteiger partial charge in [0.2, 0.25) is 6.79 Å². The number of hydrogen-bond acceptors (Lipinski definition) is 4. The molecule has 0 spiro atoms. The van der Waals surface area contributed by atoms with Crippen molar-refractivity contribution in [1.29, 1.82) is 0 Å². The third kappa shape index (κ3) is 2.95. The smallest absolute Gasteiger partial charge is 0.231 e. The number of rotatable bonds is 5. The third-order valence-corrected chi connectivity index (χ3v) is 3.69. The first-order valence-electron chi connectivity index (χ1n) is 7.03. The second-order valence-corrected chi connectivity index (χ2v) is 5.03. The maximum absolute atomic E-state index is 5.42. The maximum Gasteiger partial charge on any atom is 0.231 e. The van der Waals surface area contributed by atoms with E-state index in [1.54, 1.807) is 7.11 Å². The topological polar surface area (TPSA) is 39.7 Å². The first-order valence-corrected chi connectivity index (χ1v) is 7.03. The van der Waals surface area contributed by atoms with Crippen molar-refractivity contribution < 1.29 is 14.2 Å². The number of fused-ring (bicyclic) bond motifs is 1. The van der Waals surface area contributed by atoms with Crippen LogP contribution in [-0.2, 0) is 6.54 Å². The van der Waals surface area contributed by atoms with Gasteiger partial charge in [0.25, 0.3) is 0 Å². The van der Waals surface area contributed by atoms with Gasteiger partial charge < -0.3 is 19.5 Å². The Morgan fingerprint density at radius 2 is 1.95 bits per heavy atom. The first-order chi connectivity index (χ1) is 10.3. The molecule has 4 heteroatoms. The van der Waals surface area contributed by atoms with Gasteiger partial charge in [-0.3, -0.25) is 0 Å². The molecule has 0 fully saturated rings. The lowest BCUT2D eigenvalue weighted by atomic mass is 10.1. The van der Waals surface area contributed by atoms with E-state index in [1.165, 1.54) is 5.56 Å². The molecule has 0 bridgehead atoms. The summed E-state index contributed by atoms with van der Waals surface area (Å²) in [6.45, 7) is 3.19. The van der Waals surface area contributed by atoms with Crippen molar-refractivity contribution in [3.8, 4) is 17.2 Å². The molecule has 1 N–H and O–H groups in total. The zero-order chi connectivity index (χ0) is 14.7. The molecule has 1 heterocycles. The fraction of sp³-hybridized carbons (Fsp3) is 0.294. The van der Waals surface area contributed by atoms with Gasteiger partial charge in [0.05, 0.1) is 7.11 Å². The summed E-state index contributed by atoms with van der Waals surface area (Å²) in [5.41, 5.74) is 2.32. The van der Waals surface area contributed by atoms with Crippen molar-refractivity contribution in [2.24, 2.45) is 0 Å². The summed E-state index contributed by atoms with van der Waals surface area (Å²) >= 11 is 0. The Morgan fingerprint density at radius 3 is 2.81 bits per heavy atom. The van der Waals surface area contributed by atoms with Crippen molar-refractivity contribution in [2.45, 2.75) is 19.5 Å². The van der Waals surface area contributed by atoms with Gasteiger partial charge in [-0.25, -0.2) is 0 Å². The molecule has 1 aliphatic heterocycles. The Bertz CT molecular complexity index is 627. The third-order valence-electron chi connectivity index (χ3n) is 3.69. The van der Waals surface area contributed by atoms with E-state index in [2.05, 4.69) is 24.4 Å². The fourth-order valence-electron chi connectivity index (χ4n) is 2.41. The molecule has 0 aliphatic carbocycles. The molecular weight excluding hydrogens is 266 g/mol. The SMILES string of the molecule is COc1ccccc1CN[C@@H](C)c1ccc2c(c1)OCO2. The number of nitrogens with one attached hydrogen (secondary N) is 1. The van der Waals surface area contributed by atoms with E-state index in [0.717, 1.165) is 29.4 Å². The van der Waals surface area contributed by atoms with Gasteiger partial charge in [0.15, 0.2) is 11.5 Å². The van der Waals surface area contributed by atoms with E-state index in [9.17, 15) is 0 Å². The quantitative estimate of drug-likeness (QED) is 0.915. The molecular formula is C17H19NO3. The van der Waals surface area contributed by atoms with E-state index < -0.39 is 0 Å². The lowest BCUT2D eigenvalue weighted by molar-refractivity contribution is 0.174. The minimum absolute atomic E-state index is 0.212. The number of methoxy groups -OCH3 is 1. The van der Waals surface area contributed by atoms with Crippen LogP contribution in [0.2, 0.25) is 0 Å². The molecule has 4 nitrogen and oxygen atoms in total. The van der Waals surface area contributed by atoms with Gasteiger partial charge in [0.1, 0.15) is 5.75 Å². The zero-order valence-electron chi connectivity index (χ0n) is 12.3. The van der Waals surface area contributed by atoms with Crippen molar-refractivity contribution in [3.63, 3.8) is 0 Å². The molecule has 0 amide bonds. The Kier molecular flexibility index (Phi) is 3.97. The highest BCUT2D eigenvalue weighted by Crippen LogP contribution is 2.34. The van der Waals surface area contributed by atoms with Crippen LogP contribution in [0.3, 0.4) is 0 Å². The molecule has 0 unspecified atom stereocenters. The van der Waals surface area contributed by atoms with Crippen molar-refractivity contribution in [3.05, 3.63) is 53.6 Å². The minimum Gasteiger partial charge on any atom is -0.496 e. The lowest BCUT2D eigenvalue weighted by Gasteiger charge is -2.16. The molecule has 3 rings (SSSR count). The van der Waals surface area contributed by atoms with E-state index in [1.807, 2.05) is 30.3 Å². The second-order valence-electron chi connectivity index (χ2n) is 5.03. The molecule has 2 aromatic rings. The van der Waals surface area contributed by atoms with E-state index in [0.29, 0.717) is 6.79 Å². The Morgan fingerprint density at radius 1 is 1.14 bits per heavy atom. The van der Waals surface area contributed by atoms with Crippen LogP contribution >= 0.6 is 0 Å². The monoisotopic (exact) mass is 285 g/mol. The summed E-state index contributed by atoms with van der Waals surface area (Å²) in [6, 6.07) is 14.3. The Hall–Kier alpha value is -2.20.